The van der Waals surface area contributed by atoms with E-state index in [1.54, 1.807) is 0 Å². The van der Waals surface area contributed by atoms with Crippen molar-refractivity contribution in [3.8, 4) is 0 Å². The Morgan fingerprint density at radius 2 is 1.86 bits per heavy atom. The van der Waals surface area contributed by atoms with Crippen LogP contribution < -0.4 is 15.8 Å². The van der Waals surface area contributed by atoms with E-state index in [1.165, 1.54) is 5.69 Å². The summed E-state index contributed by atoms with van der Waals surface area (Å²) in [6.07, 6.45) is 1.14. The summed E-state index contributed by atoms with van der Waals surface area (Å²) in [5.41, 5.74) is 1.80. The Hall–Kier alpha value is -2.41. The number of aromatic amines is 1. The zero-order valence-corrected chi connectivity index (χ0v) is 11.9. The fraction of sp³-hybridized carbons (Fsp3) is 0.357. The van der Waals surface area contributed by atoms with Gasteiger partial charge in [0.15, 0.2) is 0 Å². The highest BCUT2D eigenvalue weighted by atomic mass is 16.1. The van der Waals surface area contributed by atoms with Crippen molar-refractivity contribution in [2.75, 3.05) is 43.4 Å². The average molecular weight is 286 g/mol. The van der Waals surface area contributed by atoms with Crippen molar-refractivity contribution in [2.24, 2.45) is 0 Å². The van der Waals surface area contributed by atoms with E-state index in [1.807, 2.05) is 12.1 Å². The first-order chi connectivity index (χ1) is 10.2. The zero-order chi connectivity index (χ0) is 14.7. The van der Waals surface area contributed by atoms with Crippen LogP contribution in [0.25, 0.3) is 0 Å². The van der Waals surface area contributed by atoms with Crippen LogP contribution in [0.5, 0.6) is 0 Å². The molecule has 1 saturated heterocycles. The number of benzene rings is 1. The summed E-state index contributed by atoms with van der Waals surface area (Å²) in [5.74, 6) is 0.342. The van der Waals surface area contributed by atoms with Crippen LogP contribution in [-0.2, 0) is 0 Å². The number of nitrogens with zero attached hydrogens (tertiary/aromatic N) is 4. The zero-order valence-electron chi connectivity index (χ0n) is 11.9. The van der Waals surface area contributed by atoms with Crippen LogP contribution in [0.1, 0.15) is 0 Å². The Morgan fingerprint density at radius 1 is 1.14 bits per heavy atom. The predicted molar refractivity (Wildman–Crippen MR) is 82.1 cm³/mol. The van der Waals surface area contributed by atoms with Crippen molar-refractivity contribution in [3.63, 3.8) is 0 Å². The Bertz CT molecular complexity index is 645. The predicted octanol–water partition coefficient (Wildman–Crippen LogP) is 0.660. The highest BCUT2D eigenvalue weighted by Crippen LogP contribution is 2.20. The molecule has 1 aliphatic heterocycles. The quantitative estimate of drug-likeness (QED) is 0.863. The van der Waals surface area contributed by atoms with Crippen LogP contribution in [0.3, 0.4) is 0 Å². The molecule has 2 N–H and O–H groups in total. The van der Waals surface area contributed by atoms with E-state index in [2.05, 4.69) is 49.5 Å². The lowest BCUT2D eigenvalue weighted by Crippen LogP contribution is -2.44. The summed E-state index contributed by atoms with van der Waals surface area (Å²) in [6.45, 7) is 4.25. The minimum absolute atomic E-state index is 0.276. The molecule has 1 aromatic heterocycles. The lowest BCUT2D eigenvalue weighted by Gasteiger charge is -2.34. The van der Waals surface area contributed by atoms with Crippen molar-refractivity contribution >= 4 is 17.3 Å². The highest BCUT2D eigenvalue weighted by Gasteiger charge is 2.13. The van der Waals surface area contributed by atoms with Gasteiger partial charge in [-0.25, -0.2) is 0 Å². The first-order valence-corrected chi connectivity index (χ1v) is 6.93. The number of nitrogens with one attached hydrogen (secondary N) is 2. The van der Waals surface area contributed by atoms with Gasteiger partial charge in [0.05, 0.1) is 0 Å². The number of hydrogen-bond donors (Lipinski definition) is 2. The summed E-state index contributed by atoms with van der Waals surface area (Å²) < 4.78 is 0. The Balaban J connectivity index is 1.68. The molecule has 110 valence electrons. The minimum Gasteiger partial charge on any atom is -0.369 e. The molecule has 2 heterocycles. The smallest absolute Gasteiger partial charge is 0.271 e. The van der Waals surface area contributed by atoms with E-state index < -0.39 is 0 Å². The molecule has 0 bridgehead atoms. The first kappa shape index (κ1) is 13.6. The number of anilines is 3. The normalized spacial score (nSPS) is 16.0. The molecule has 7 heteroatoms. The summed E-state index contributed by atoms with van der Waals surface area (Å²) >= 11 is 0. The van der Waals surface area contributed by atoms with Gasteiger partial charge in [-0.2, -0.15) is 0 Å². The lowest BCUT2D eigenvalue weighted by molar-refractivity contribution is 0.313. The largest absolute Gasteiger partial charge is 0.369 e. The molecule has 0 atom stereocenters. The van der Waals surface area contributed by atoms with Gasteiger partial charge in [0.1, 0.15) is 6.20 Å². The summed E-state index contributed by atoms with van der Waals surface area (Å²) in [5, 5.41) is 10.5. The third-order valence-corrected chi connectivity index (χ3v) is 3.57. The third kappa shape index (κ3) is 3.38. The van der Waals surface area contributed by atoms with E-state index in [0.717, 1.165) is 38.1 Å². The molecule has 7 nitrogen and oxygen atoms in total. The van der Waals surface area contributed by atoms with Gasteiger partial charge >= 0.3 is 0 Å². The first-order valence-electron chi connectivity index (χ1n) is 6.93. The SMILES string of the molecule is CN1CCN(c2ccc(Nc3nncc(=O)[nH]3)cc2)CC1. The van der Waals surface area contributed by atoms with Gasteiger partial charge in [-0.3, -0.25) is 9.78 Å². The number of aromatic nitrogens is 3. The summed E-state index contributed by atoms with van der Waals surface area (Å²) in [7, 11) is 2.14. The second kappa shape index (κ2) is 5.92. The summed E-state index contributed by atoms with van der Waals surface area (Å²) in [4.78, 5) is 18.4. The number of rotatable bonds is 3. The van der Waals surface area contributed by atoms with Crippen LogP contribution in [0.2, 0.25) is 0 Å². The second-order valence-electron chi connectivity index (χ2n) is 5.14. The van der Waals surface area contributed by atoms with Gasteiger partial charge < -0.3 is 15.1 Å². The Labute approximate surface area is 122 Å². The topological polar surface area (TPSA) is 77.2 Å². The highest BCUT2D eigenvalue weighted by molar-refractivity contribution is 5.59. The molecule has 0 unspecified atom stereocenters. The van der Waals surface area contributed by atoms with Crippen LogP contribution in [0.4, 0.5) is 17.3 Å². The molecule has 1 aromatic carbocycles. The van der Waals surface area contributed by atoms with Crippen molar-refractivity contribution in [1.82, 2.24) is 20.1 Å². The number of hydrogen-bond acceptors (Lipinski definition) is 6. The molecule has 0 spiro atoms. The lowest BCUT2D eigenvalue weighted by atomic mass is 10.2. The van der Waals surface area contributed by atoms with Crippen molar-refractivity contribution in [3.05, 3.63) is 40.8 Å². The second-order valence-corrected chi connectivity index (χ2v) is 5.14. The molecule has 0 amide bonds. The van der Waals surface area contributed by atoms with Gasteiger partial charge in [0, 0.05) is 37.6 Å². The van der Waals surface area contributed by atoms with E-state index in [9.17, 15) is 4.79 Å². The van der Waals surface area contributed by atoms with Gasteiger partial charge in [0.2, 0.25) is 5.95 Å². The van der Waals surface area contributed by atoms with Crippen molar-refractivity contribution in [1.29, 1.82) is 0 Å². The third-order valence-electron chi connectivity index (χ3n) is 3.57. The summed E-state index contributed by atoms with van der Waals surface area (Å²) in [6, 6.07) is 8.09. The number of likely N-dealkylation sites (N-methyl/N-ethyl adjacent to an activating group) is 1. The Morgan fingerprint density at radius 3 is 2.52 bits per heavy atom. The molecule has 0 radical (unpaired) electrons. The van der Waals surface area contributed by atoms with Crippen molar-refractivity contribution in [2.45, 2.75) is 0 Å². The van der Waals surface area contributed by atoms with E-state index >= 15 is 0 Å². The van der Waals surface area contributed by atoms with Crippen LogP contribution in [-0.4, -0.2) is 53.3 Å². The van der Waals surface area contributed by atoms with Gasteiger partial charge in [-0.15, -0.1) is 10.2 Å². The number of piperazine rings is 1. The maximum Gasteiger partial charge on any atom is 0.271 e. The van der Waals surface area contributed by atoms with Crippen LogP contribution in [0, 0.1) is 0 Å². The van der Waals surface area contributed by atoms with Crippen LogP contribution in [0.15, 0.2) is 35.3 Å². The number of H-pyrrole nitrogens is 1. The van der Waals surface area contributed by atoms with E-state index in [0.29, 0.717) is 5.95 Å². The minimum atomic E-state index is -0.276. The molecule has 1 fully saturated rings. The molecule has 0 saturated carbocycles. The van der Waals surface area contributed by atoms with Crippen LogP contribution >= 0.6 is 0 Å². The van der Waals surface area contributed by atoms with Gasteiger partial charge in [0.25, 0.3) is 5.56 Å². The maximum atomic E-state index is 11.2. The molecular weight excluding hydrogens is 268 g/mol. The average Bonchev–Trinajstić information content (AvgIpc) is 2.49. The fourth-order valence-electron chi connectivity index (χ4n) is 2.33. The monoisotopic (exact) mass is 286 g/mol. The van der Waals surface area contributed by atoms with E-state index in [-0.39, 0.29) is 5.56 Å². The molecule has 21 heavy (non-hydrogen) atoms. The standard InChI is InChI=1S/C14H18N6O/c1-19-6-8-20(9-7-19)12-4-2-11(3-5-12)16-14-17-13(21)10-15-18-14/h2-5,10H,6-9H2,1H3,(H2,16,17,18,21). The Kier molecular flexibility index (Phi) is 3.83. The van der Waals surface area contributed by atoms with Gasteiger partial charge in [-0.05, 0) is 31.3 Å². The molecule has 2 aromatic rings. The molecular formula is C14H18N6O. The van der Waals surface area contributed by atoms with E-state index in [4.69, 9.17) is 0 Å². The maximum absolute atomic E-state index is 11.2. The molecule has 1 aliphatic rings. The molecule has 0 aliphatic carbocycles. The fourth-order valence-corrected chi connectivity index (χ4v) is 2.33. The van der Waals surface area contributed by atoms with Crippen molar-refractivity contribution < 1.29 is 0 Å². The molecule has 3 rings (SSSR count). The van der Waals surface area contributed by atoms with Gasteiger partial charge in [-0.1, -0.05) is 0 Å².